The Morgan fingerprint density at radius 3 is 2.78 bits per heavy atom. The van der Waals surface area contributed by atoms with Crippen molar-refractivity contribution in [1.29, 1.82) is 0 Å². The molecule has 0 atom stereocenters. The van der Waals surface area contributed by atoms with E-state index >= 15 is 0 Å². The van der Waals surface area contributed by atoms with Crippen molar-refractivity contribution in [2.24, 2.45) is 0 Å². The van der Waals surface area contributed by atoms with Gasteiger partial charge in [0, 0.05) is 19.5 Å². The van der Waals surface area contributed by atoms with E-state index in [1.54, 1.807) is 6.08 Å². The number of rotatable bonds is 7. The van der Waals surface area contributed by atoms with Crippen molar-refractivity contribution in [3.8, 4) is 5.75 Å². The standard InChI is InChI=1S/C19H28N2O2/c1-3-13-23-18-11-9-15(14-17(18)20)10-12-19(22)21(2)16-7-5-4-6-8-16/h3,9,11,14,16H,1,4-8,10,12-13,20H2,2H3. The number of hydrogen-bond donors (Lipinski definition) is 1. The molecule has 0 saturated heterocycles. The fourth-order valence-corrected chi connectivity index (χ4v) is 3.13. The molecule has 0 spiro atoms. The van der Waals surface area contributed by atoms with E-state index in [9.17, 15) is 4.79 Å². The predicted molar refractivity (Wildman–Crippen MR) is 94.5 cm³/mol. The Morgan fingerprint density at radius 1 is 1.39 bits per heavy atom. The molecule has 0 aliphatic heterocycles. The molecule has 126 valence electrons. The minimum atomic E-state index is 0.224. The Bertz CT molecular complexity index is 536. The SMILES string of the molecule is C=CCOc1ccc(CCC(=O)N(C)C2CCCCC2)cc1N. The molecular weight excluding hydrogens is 288 g/mol. The summed E-state index contributed by atoms with van der Waals surface area (Å²) in [5, 5.41) is 0. The average Bonchev–Trinajstić information content (AvgIpc) is 2.59. The Labute approximate surface area is 139 Å². The first-order valence-corrected chi connectivity index (χ1v) is 8.49. The van der Waals surface area contributed by atoms with Gasteiger partial charge in [-0.05, 0) is 37.0 Å². The fraction of sp³-hybridized carbons (Fsp3) is 0.526. The monoisotopic (exact) mass is 316 g/mol. The molecule has 1 amide bonds. The first-order chi connectivity index (χ1) is 11.1. The maximum absolute atomic E-state index is 12.4. The van der Waals surface area contributed by atoms with Crippen LogP contribution in [0.25, 0.3) is 0 Å². The van der Waals surface area contributed by atoms with Gasteiger partial charge in [0.25, 0.3) is 0 Å². The second-order valence-corrected chi connectivity index (χ2v) is 6.27. The molecule has 1 aromatic carbocycles. The maximum Gasteiger partial charge on any atom is 0.222 e. The molecule has 1 saturated carbocycles. The lowest BCUT2D eigenvalue weighted by molar-refractivity contribution is -0.132. The maximum atomic E-state index is 12.4. The molecule has 1 aromatic rings. The van der Waals surface area contributed by atoms with Gasteiger partial charge >= 0.3 is 0 Å². The van der Waals surface area contributed by atoms with Crippen molar-refractivity contribution < 1.29 is 9.53 Å². The average molecular weight is 316 g/mol. The molecule has 0 bridgehead atoms. The van der Waals surface area contributed by atoms with Gasteiger partial charge < -0.3 is 15.4 Å². The Hall–Kier alpha value is -1.97. The molecule has 0 aromatic heterocycles. The summed E-state index contributed by atoms with van der Waals surface area (Å²) in [5.41, 5.74) is 7.67. The molecule has 1 aliphatic rings. The van der Waals surface area contributed by atoms with Crippen molar-refractivity contribution in [3.05, 3.63) is 36.4 Å². The van der Waals surface area contributed by atoms with Crippen LogP contribution in [-0.4, -0.2) is 30.5 Å². The number of hydrogen-bond acceptors (Lipinski definition) is 3. The first kappa shape index (κ1) is 17.4. The molecule has 0 radical (unpaired) electrons. The highest BCUT2D eigenvalue weighted by atomic mass is 16.5. The number of carbonyl (C=O) groups excluding carboxylic acids is 1. The Kier molecular flexibility index (Phi) is 6.51. The van der Waals surface area contributed by atoms with Gasteiger partial charge in [-0.25, -0.2) is 0 Å². The number of anilines is 1. The first-order valence-electron chi connectivity index (χ1n) is 8.49. The number of carbonyl (C=O) groups is 1. The van der Waals surface area contributed by atoms with Crippen LogP contribution in [0.5, 0.6) is 5.75 Å². The van der Waals surface area contributed by atoms with E-state index in [1.165, 1.54) is 19.3 Å². The molecule has 4 nitrogen and oxygen atoms in total. The zero-order valence-corrected chi connectivity index (χ0v) is 14.1. The number of nitrogens with zero attached hydrogens (tertiary/aromatic N) is 1. The summed E-state index contributed by atoms with van der Waals surface area (Å²) in [6.07, 6.45) is 9.00. The second kappa shape index (κ2) is 8.61. The van der Waals surface area contributed by atoms with Gasteiger partial charge in [-0.2, -0.15) is 0 Å². The summed E-state index contributed by atoms with van der Waals surface area (Å²) < 4.78 is 5.47. The predicted octanol–water partition coefficient (Wildman–Crippen LogP) is 3.56. The molecule has 1 aliphatic carbocycles. The molecule has 1 fully saturated rings. The minimum absolute atomic E-state index is 0.224. The molecule has 0 heterocycles. The van der Waals surface area contributed by atoms with E-state index < -0.39 is 0 Å². The van der Waals surface area contributed by atoms with Crippen LogP contribution in [0.3, 0.4) is 0 Å². The normalized spacial score (nSPS) is 15.2. The third-order valence-electron chi connectivity index (χ3n) is 4.57. The lowest BCUT2D eigenvalue weighted by Gasteiger charge is -2.31. The fourth-order valence-electron chi connectivity index (χ4n) is 3.13. The summed E-state index contributed by atoms with van der Waals surface area (Å²) in [4.78, 5) is 14.3. The second-order valence-electron chi connectivity index (χ2n) is 6.27. The number of aryl methyl sites for hydroxylation is 1. The molecule has 2 rings (SSSR count). The van der Waals surface area contributed by atoms with Crippen LogP contribution in [0.1, 0.15) is 44.1 Å². The minimum Gasteiger partial charge on any atom is -0.487 e. The quantitative estimate of drug-likeness (QED) is 0.618. The molecule has 23 heavy (non-hydrogen) atoms. The largest absolute Gasteiger partial charge is 0.487 e. The highest BCUT2D eigenvalue weighted by Gasteiger charge is 2.21. The van der Waals surface area contributed by atoms with Crippen LogP contribution in [0.2, 0.25) is 0 Å². The van der Waals surface area contributed by atoms with Gasteiger partial charge in [0.1, 0.15) is 12.4 Å². The van der Waals surface area contributed by atoms with Crippen molar-refractivity contribution in [2.45, 2.75) is 51.0 Å². The van der Waals surface area contributed by atoms with Crippen LogP contribution >= 0.6 is 0 Å². The van der Waals surface area contributed by atoms with Gasteiger partial charge in [0.15, 0.2) is 0 Å². The van der Waals surface area contributed by atoms with E-state index in [2.05, 4.69) is 6.58 Å². The van der Waals surface area contributed by atoms with Gasteiger partial charge in [-0.3, -0.25) is 4.79 Å². The number of ether oxygens (including phenoxy) is 1. The number of benzene rings is 1. The number of amides is 1. The number of nitrogen functional groups attached to an aromatic ring is 1. The molecule has 0 unspecified atom stereocenters. The Morgan fingerprint density at radius 2 is 2.13 bits per heavy atom. The van der Waals surface area contributed by atoms with Gasteiger partial charge in [-0.1, -0.05) is 38.0 Å². The lowest BCUT2D eigenvalue weighted by Crippen LogP contribution is -2.38. The van der Waals surface area contributed by atoms with E-state index in [1.807, 2.05) is 30.1 Å². The Balaban J connectivity index is 1.85. The smallest absolute Gasteiger partial charge is 0.222 e. The highest BCUT2D eigenvalue weighted by molar-refractivity contribution is 5.76. The van der Waals surface area contributed by atoms with E-state index in [0.29, 0.717) is 36.9 Å². The van der Waals surface area contributed by atoms with Gasteiger partial charge in [0.2, 0.25) is 5.91 Å². The summed E-state index contributed by atoms with van der Waals surface area (Å²) in [5.74, 6) is 0.891. The lowest BCUT2D eigenvalue weighted by atomic mass is 9.94. The summed E-state index contributed by atoms with van der Waals surface area (Å²) in [7, 11) is 1.94. The molecule has 2 N–H and O–H groups in total. The number of nitrogens with two attached hydrogens (primary N) is 1. The van der Waals surface area contributed by atoms with Crippen molar-refractivity contribution >= 4 is 11.6 Å². The summed E-state index contributed by atoms with van der Waals surface area (Å²) in [6.45, 7) is 4.06. The molecule has 4 heteroatoms. The third-order valence-corrected chi connectivity index (χ3v) is 4.57. The van der Waals surface area contributed by atoms with E-state index in [-0.39, 0.29) is 5.91 Å². The summed E-state index contributed by atoms with van der Waals surface area (Å²) >= 11 is 0. The van der Waals surface area contributed by atoms with E-state index in [0.717, 1.165) is 18.4 Å². The van der Waals surface area contributed by atoms with E-state index in [4.69, 9.17) is 10.5 Å². The van der Waals surface area contributed by atoms with Crippen molar-refractivity contribution in [2.75, 3.05) is 19.4 Å². The van der Waals surface area contributed by atoms with Crippen LogP contribution in [0.15, 0.2) is 30.9 Å². The zero-order chi connectivity index (χ0) is 16.7. The summed E-state index contributed by atoms with van der Waals surface area (Å²) in [6, 6.07) is 6.16. The van der Waals surface area contributed by atoms with Crippen LogP contribution in [0.4, 0.5) is 5.69 Å². The highest BCUT2D eigenvalue weighted by Crippen LogP contribution is 2.24. The van der Waals surface area contributed by atoms with Gasteiger partial charge in [-0.15, -0.1) is 0 Å². The van der Waals surface area contributed by atoms with Crippen LogP contribution < -0.4 is 10.5 Å². The van der Waals surface area contributed by atoms with Crippen molar-refractivity contribution in [3.63, 3.8) is 0 Å². The van der Waals surface area contributed by atoms with Crippen LogP contribution in [0, 0.1) is 0 Å². The third kappa shape index (κ3) is 5.02. The van der Waals surface area contributed by atoms with Gasteiger partial charge in [0.05, 0.1) is 5.69 Å². The topological polar surface area (TPSA) is 55.6 Å². The van der Waals surface area contributed by atoms with Crippen LogP contribution in [-0.2, 0) is 11.2 Å². The molecular formula is C19H28N2O2. The zero-order valence-electron chi connectivity index (χ0n) is 14.1. The van der Waals surface area contributed by atoms with Crippen molar-refractivity contribution in [1.82, 2.24) is 4.90 Å².